The molecular weight excluding hydrogens is 360 g/mol. The van der Waals surface area contributed by atoms with Gasteiger partial charge in [0.05, 0.1) is 35.0 Å². The highest BCUT2D eigenvalue weighted by molar-refractivity contribution is 5.56. The first-order valence-corrected chi connectivity index (χ1v) is 8.97. The van der Waals surface area contributed by atoms with Crippen molar-refractivity contribution in [3.05, 3.63) is 47.5 Å². The number of hydrogen-bond acceptors (Lipinski definition) is 6. The highest BCUT2D eigenvalue weighted by Crippen LogP contribution is 2.38. The fourth-order valence-corrected chi connectivity index (χ4v) is 2.92. The fraction of sp³-hybridized carbons (Fsp3) is 0.364. The van der Waals surface area contributed by atoms with Gasteiger partial charge in [0.15, 0.2) is 23.0 Å². The molecule has 1 atom stereocenters. The van der Waals surface area contributed by atoms with Crippen molar-refractivity contribution in [2.75, 3.05) is 35.0 Å². The highest BCUT2D eigenvalue weighted by atomic mass is 16.5. The Morgan fingerprint density at radius 3 is 2.04 bits per heavy atom. The second kappa shape index (κ2) is 10.5. The first-order chi connectivity index (χ1) is 13.6. The lowest BCUT2D eigenvalue weighted by molar-refractivity contribution is 0.211. The molecule has 1 N–H and O–H groups in total. The minimum absolute atomic E-state index is 0.00755. The van der Waals surface area contributed by atoms with Gasteiger partial charge in [-0.25, -0.2) is 0 Å². The summed E-state index contributed by atoms with van der Waals surface area (Å²) in [5.41, 5.74) is 1.93. The molecule has 28 heavy (non-hydrogen) atoms. The summed E-state index contributed by atoms with van der Waals surface area (Å²) >= 11 is 0. The molecule has 0 aliphatic heterocycles. The van der Waals surface area contributed by atoms with E-state index in [0.29, 0.717) is 35.2 Å². The average Bonchev–Trinajstić information content (AvgIpc) is 2.71. The number of hydrogen-bond donors (Lipinski definition) is 1. The van der Waals surface area contributed by atoms with Gasteiger partial charge in [-0.1, -0.05) is 18.2 Å². The second-order valence-corrected chi connectivity index (χ2v) is 6.16. The zero-order chi connectivity index (χ0) is 20.5. The molecule has 0 aliphatic rings. The first-order valence-electron chi connectivity index (χ1n) is 8.97. The Bertz CT molecular complexity index is 775. The van der Waals surface area contributed by atoms with Crippen molar-refractivity contribution in [3.8, 4) is 28.7 Å². The Morgan fingerprint density at radius 1 is 0.857 bits per heavy atom. The smallest absolute Gasteiger partial charge is 0.203 e. The summed E-state index contributed by atoms with van der Waals surface area (Å²) in [5.74, 6) is 3.08. The summed E-state index contributed by atoms with van der Waals surface area (Å²) in [6, 6.07) is 9.48. The Balaban J connectivity index is 2.18. The van der Waals surface area contributed by atoms with E-state index in [1.165, 1.54) is 0 Å². The third-order valence-electron chi connectivity index (χ3n) is 4.18. The molecule has 2 aromatic rings. The first kappa shape index (κ1) is 21.4. The van der Waals surface area contributed by atoms with Crippen LogP contribution in [0.1, 0.15) is 18.1 Å². The molecular formula is C22H28O6. The molecule has 2 rings (SSSR count). The number of rotatable bonds is 10. The SMILES string of the molecule is COc1cc(C=CCO)ccc1O[C@@H](C)Cc1cc(OC)c(OC)c(OC)c1. The molecule has 0 amide bonds. The van der Waals surface area contributed by atoms with Crippen LogP contribution in [0.4, 0.5) is 0 Å². The summed E-state index contributed by atoms with van der Waals surface area (Å²) in [6.07, 6.45) is 4.02. The van der Waals surface area contributed by atoms with Crippen LogP contribution in [-0.4, -0.2) is 46.3 Å². The van der Waals surface area contributed by atoms with Crippen molar-refractivity contribution in [1.82, 2.24) is 0 Å². The van der Waals surface area contributed by atoms with Gasteiger partial charge in [0, 0.05) is 6.42 Å². The van der Waals surface area contributed by atoms with Crippen molar-refractivity contribution in [2.45, 2.75) is 19.4 Å². The fourth-order valence-electron chi connectivity index (χ4n) is 2.92. The van der Waals surface area contributed by atoms with Crippen LogP contribution in [0.15, 0.2) is 36.4 Å². The van der Waals surface area contributed by atoms with Crippen LogP contribution >= 0.6 is 0 Å². The summed E-state index contributed by atoms with van der Waals surface area (Å²) in [7, 11) is 6.38. The van der Waals surface area contributed by atoms with Crippen LogP contribution in [0.3, 0.4) is 0 Å². The van der Waals surface area contributed by atoms with Crippen LogP contribution < -0.4 is 23.7 Å². The predicted octanol–water partition coefficient (Wildman–Crippen LogP) is 3.74. The van der Waals surface area contributed by atoms with Gasteiger partial charge in [0.1, 0.15) is 6.10 Å². The lowest BCUT2D eigenvalue weighted by atomic mass is 10.1. The molecule has 0 aliphatic carbocycles. The van der Waals surface area contributed by atoms with E-state index >= 15 is 0 Å². The van der Waals surface area contributed by atoms with Crippen molar-refractivity contribution in [2.24, 2.45) is 0 Å². The minimum atomic E-state index is -0.115. The summed E-state index contributed by atoms with van der Waals surface area (Å²) in [4.78, 5) is 0. The quantitative estimate of drug-likeness (QED) is 0.669. The number of ether oxygens (including phenoxy) is 5. The number of methoxy groups -OCH3 is 4. The third-order valence-corrected chi connectivity index (χ3v) is 4.18. The summed E-state index contributed by atoms with van der Waals surface area (Å²) in [6.45, 7) is 1.98. The van der Waals surface area contributed by atoms with E-state index in [9.17, 15) is 0 Å². The Labute approximate surface area is 166 Å². The van der Waals surface area contributed by atoms with Crippen molar-refractivity contribution in [1.29, 1.82) is 0 Å². The van der Waals surface area contributed by atoms with E-state index in [1.807, 2.05) is 43.3 Å². The number of aliphatic hydroxyl groups is 1. The zero-order valence-electron chi connectivity index (χ0n) is 17.0. The van der Waals surface area contributed by atoms with Gasteiger partial charge in [-0.05, 0) is 42.3 Å². The van der Waals surface area contributed by atoms with Crippen molar-refractivity contribution < 1.29 is 28.8 Å². The van der Waals surface area contributed by atoms with Crippen LogP contribution in [0.2, 0.25) is 0 Å². The van der Waals surface area contributed by atoms with Crippen LogP contribution in [0.25, 0.3) is 6.08 Å². The van der Waals surface area contributed by atoms with Crippen molar-refractivity contribution >= 4 is 6.08 Å². The van der Waals surface area contributed by atoms with Gasteiger partial charge in [-0.2, -0.15) is 0 Å². The molecule has 2 aromatic carbocycles. The topological polar surface area (TPSA) is 66.4 Å². The van der Waals surface area contributed by atoms with Crippen molar-refractivity contribution in [3.63, 3.8) is 0 Å². The Kier molecular flexibility index (Phi) is 8.02. The molecule has 152 valence electrons. The maximum Gasteiger partial charge on any atom is 0.203 e. The maximum absolute atomic E-state index is 8.91. The van der Waals surface area contributed by atoms with E-state index in [1.54, 1.807) is 34.5 Å². The molecule has 0 unspecified atom stereocenters. The van der Waals surface area contributed by atoms with Crippen LogP contribution in [0, 0.1) is 0 Å². The molecule has 0 bridgehead atoms. The standard InChI is InChI=1S/C22H28O6/c1-15(11-17-13-20(25-3)22(27-5)21(14-17)26-4)28-18-9-8-16(7-6-10-23)12-19(18)24-2/h6-9,12-15,23H,10-11H2,1-5H3/t15-/m0/s1. The van der Waals surface area contributed by atoms with E-state index in [0.717, 1.165) is 11.1 Å². The van der Waals surface area contributed by atoms with E-state index in [4.69, 9.17) is 28.8 Å². The number of aliphatic hydroxyl groups excluding tert-OH is 1. The largest absolute Gasteiger partial charge is 0.493 e. The normalized spacial score (nSPS) is 11.9. The molecule has 6 heteroatoms. The molecule has 6 nitrogen and oxygen atoms in total. The van der Waals surface area contributed by atoms with E-state index in [-0.39, 0.29) is 12.7 Å². The van der Waals surface area contributed by atoms with E-state index < -0.39 is 0 Å². The molecule has 0 heterocycles. The summed E-state index contributed by atoms with van der Waals surface area (Å²) < 4.78 is 27.7. The van der Waals surface area contributed by atoms with Gasteiger partial charge in [0.2, 0.25) is 5.75 Å². The molecule has 0 saturated heterocycles. The second-order valence-electron chi connectivity index (χ2n) is 6.16. The van der Waals surface area contributed by atoms with Crippen LogP contribution in [-0.2, 0) is 6.42 Å². The monoisotopic (exact) mass is 388 g/mol. The Morgan fingerprint density at radius 2 is 1.50 bits per heavy atom. The predicted molar refractivity (Wildman–Crippen MR) is 109 cm³/mol. The van der Waals surface area contributed by atoms with E-state index in [2.05, 4.69) is 0 Å². The number of benzene rings is 2. The third kappa shape index (κ3) is 5.33. The summed E-state index contributed by atoms with van der Waals surface area (Å²) in [5, 5.41) is 8.91. The van der Waals surface area contributed by atoms with Gasteiger partial charge >= 0.3 is 0 Å². The average molecular weight is 388 g/mol. The highest BCUT2D eigenvalue weighted by Gasteiger charge is 2.16. The van der Waals surface area contributed by atoms with Gasteiger partial charge in [0.25, 0.3) is 0 Å². The van der Waals surface area contributed by atoms with Gasteiger partial charge in [-0.3, -0.25) is 0 Å². The Hall–Kier alpha value is -2.86. The van der Waals surface area contributed by atoms with Gasteiger partial charge in [-0.15, -0.1) is 0 Å². The molecule has 0 saturated carbocycles. The molecule has 0 radical (unpaired) electrons. The lowest BCUT2D eigenvalue weighted by Gasteiger charge is -2.19. The van der Waals surface area contributed by atoms with Gasteiger partial charge < -0.3 is 28.8 Å². The molecule has 0 aromatic heterocycles. The maximum atomic E-state index is 8.91. The molecule has 0 fully saturated rings. The molecule has 0 spiro atoms. The minimum Gasteiger partial charge on any atom is -0.493 e. The van der Waals surface area contributed by atoms with Crippen LogP contribution in [0.5, 0.6) is 28.7 Å². The zero-order valence-corrected chi connectivity index (χ0v) is 17.0. The lowest BCUT2D eigenvalue weighted by Crippen LogP contribution is -2.16.